The fourth-order valence-electron chi connectivity index (χ4n) is 3.56. The van der Waals surface area contributed by atoms with Crippen molar-refractivity contribution in [3.63, 3.8) is 0 Å². The lowest BCUT2D eigenvalue weighted by Gasteiger charge is -2.14. The number of amides is 1. The van der Waals surface area contributed by atoms with Crippen LogP contribution < -0.4 is 10.6 Å². The summed E-state index contributed by atoms with van der Waals surface area (Å²) in [7, 11) is 3.71. The van der Waals surface area contributed by atoms with Gasteiger partial charge in [-0.05, 0) is 30.7 Å². The maximum Gasteiger partial charge on any atom is 0.401 e. The quantitative estimate of drug-likeness (QED) is 0.421. The van der Waals surface area contributed by atoms with Crippen molar-refractivity contribution in [2.75, 3.05) is 24.7 Å². The maximum absolute atomic E-state index is 13.2. The van der Waals surface area contributed by atoms with E-state index in [1.165, 1.54) is 0 Å². The number of carbonyl (C=O) groups excluding carboxylic acids is 1. The highest BCUT2D eigenvalue weighted by atomic mass is 19.4. The van der Waals surface area contributed by atoms with Crippen LogP contribution in [0.25, 0.3) is 11.1 Å². The lowest BCUT2D eigenvalue weighted by molar-refractivity contribution is -0.165. The largest absolute Gasteiger partial charge is 0.401 e. The fourth-order valence-corrected chi connectivity index (χ4v) is 3.56. The zero-order valence-corrected chi connectivity index (χ0v) is 19.6. The van der Waals surface area contributed by atoms with Crippen LogP contribution in [0.3, 0.4) is 0 Å². The lowest BCUT2D eigenvalue weighted by Crippen LogP contribution is -2.28. The molecule has 3 aromatic rings. The Hall–Kier alpha value is -4.22. The van der Waals surface area contributed by atoms with Crippen LogP contribution in [-0.2, 0) is 16.6 Å². The molecule has 1 aromatic carbocycles. The van der Waals surface area contributed by atoms with Crippen molar-refractivity contribution in [3.05, 3.63) is 66.1 Å². The first-order valence-electron chi connectivity index (χ1n) is 11.0. The summed E-state index contributed by atoms with van der Waals surface area (Å²) >= 11 is 0. The van der Waals surface area contributed by atoms with Gasteiger partial charge in [-0.25, -0.2) is 15.0 Å². The van der Waals surface area contributed by atoms with E-state index in [0.29, 0.717) is 17.3 Å². The molecule has 9 nitrogen and oxygen atoms in total. The molecular formula is C24H24F3N7O2. The number of aromatic nitrogens is 3. The van der Waals surface area contributed by atoms with Gasteiger partial charge in [0.25, 0.3) is 0 Å². The number of anilines is 2. The second-order valence-electron chi connectivity index (χ2n) is 8.63. The third-order valence-corrected chi connectivity index (χ3v) is 5.64. The zero-order chi connectivity index (χ0) is 25.9. The van der Waals surface area contributed by atoms with Gasteiger partial charge in [0, 0.05) is 44.3 Å². The molecular weight excluding hydrogens is 475 g/mol. The summed E-state index contributed by atoms with van der Waals surface area (Å²) in [4.78, 5) is 26.6. The normalized spacial score (nSPS) is 14.8. The molecule has 1 aliphatic carbocycles. The molecule has 2 N–H and O–H groups in total. The van der Waals surface area contributed by atoms with E-state index in [1.54, 1.807) is 30.7 Å². The highest BCUT2D eigenvalue weighted by Gasteiger charge is 2.66. The van der Waals surface area contributed by atoms with E-state index in [2.05, 4.69) is 37.5 Å². The third kappa shape index (κ3) is 5.53. The van der Waals surface area contributed by atoms with Crippen LogP contribution in [0.4, 0.5) is 24.9 Å². The van der Waals surface area contributed by atoms with Gasteiger partial charge in [-0.15, -0.1) is 0 Å². The van der Waals surface area contributed by atoms with Gasteiger partial charge in [0.15, 0.2) is 11.6 Å². The van der Waals surface area contributed by atoms with Crippen molar-refractivity contribution in [2.24, 2.45) is 4.99 Å². The summed E-state index contributed by atoms with van der Waals surface area (Å²) < 4.78 is 44.6. The molecule has 0 bridgehead atoms. The van der Waals surface area contributed by atoms with Crippen molar-refractivity contribution in [2.45, 2.75) is 30.9 Å². The summed E-state index contributed by atoms with van der Waals surface area (Å²) in [5.74, 6) is 0.138. The lowest BCUT2D eigenvalue weighted by atomic mass is 10.0. The van der Waals surface area contributed by atoms with Gasteiger partial charge in [0.05, 0.1) is 6.42 Å². The Labute approximate surface area is 205 Å². The van der Waals surface area contributed by atoms with Crippen LogP contribution in [0.1, 0.15) is 24.2 Å². The van der Waals surface area contributed by atoms with Crippen molar-refractivity contribution in [1.82, 2.24) is 20.0 Å². The predicted molar refractivity (Wildman–Crippen MR) is 128 cm³/mol. The van der Waals surface area contributed by atoms with Crippen LogP contribution in [0, 0.1) is 0 Å². The molecule has 12 heteroatoms. The Morgan fingerprint density at radius 3 is 2.39 bits per heavy atom. The molecule has 1 aliphatic rings. The van der Waals surface area contributed by atoms with Crippen molar-refractivity contribution in [3.8, 4) is 11.1 Å². The molecule has 1 saturated carbocycles. The number of alkyl halides is 3. The van der Waals surface area contributed by atoms with E-state index < -0.39 is 17.5 Å². The Bertz CT molecular complexity index is 1260. The second kappa shape index (κ2) is 9.80. The SMILES string of the molecule is C=N/C(=C\N(C)C)Nc1ncc(-c2ccc(CC(=O)Nc3cc(C4(C(F)(F)F)CC4)on3)cc2)cn1. The molecule has 0 radical (unpaired) electrons. The van der Waals surface area contributed by atoms with Crippen molar-refractivity contribution >= 4 is 24.4 Å². The summed E-state index contributed by atoms with van der Waals surface area (Å²) in [6, 6.07) is 8.34. The molecule has 4 rings (SSSR count). The molecule has 0 unspecified atom stereocenters. The monoisotopic (exact) mass is 499 g/mol. The Morgan fingerprint density at radius 1 is 1.17 bits per heavy atom. The molecule has 0 atom stereocenters. The van der Waals surface area contributed by atoms with Gasteiger partial charge in [0.1, 0.15) is 11.2 Å². The number of halogens is 3. The number of nitrogens with zero attached hydrogens (tertiary/aromatic N) is 5. The summed E-state index contributed by atoms with van der Waals surface area (Å²) in [5.41, 5.74) is 0.350. The number of benzene rings is 1. The number of carbonyl (C=O) groups is 1. The smallest absolute Gasteiger partial charge is 0.381 e. The summed E-state index contributed by atoms with van der Waals surface area (Å²) in [5, 5.41) is 9.03. The molecule has 0 spiro atoms. The van der Waals surface area contributed by atoms with Gasteiger partial charge in [-0.2, -0.15) is 13.2 Å². The minimum Gasteiger partial charge on any atom is -0.381 e. The topological polar surface area (TPSA) is 109 Å². The Morgan fingerprint density at radius 2 is 1.83 bits per heavy atom. The number of nitrogens with one attached hydrogen (secondary N) is 2. The van der Waals surface area contributed by atoms with Gasteiger partial charge in [0.2, 0.25) is 11.9 Å². The van der Waals surface area contributed by atoms with Gasteiger partial charge in [-0.1, -0.05) is 29.4 Å². The standard InChI is InChI=1S/C24H24F3N7O2/c1-28-20(14-34(2)3)32-22-29-12-17(13-30-22)16-6-4-15(5-7-16)10-21(35)31-19-11-18(36-33-19)23(8-9-23)24(25,26)27/h4-7,11-14H,1,8-10H2,2-3H3,(H,29,30,32)(H,31,33,35)/b20-14+. The molecule has 2 heterocycles. The fraction of sp³-hybridized carbons (Fsp3) is 0.292. The molecule has 188 valence electrons. The first-order chi connectivity index (χ1) is 17.1. The van der Waals surface area contributed by atoms with Gasteiger partial charge < -0.3 is 20.1 Å². The highest BCUT2D eigenvalue weighted by Crippen LogP contribution is 2.59. The van der Waals surface area contributed by atoms with E-state index in [9.17, 15) is 18.0 Å². The van der Waals surface area contributed by atoms with Crippen LogP contribution in [-0.4, -0.2) is 52.9 Å². The first kappa shape index (κ1) is 24.9. The van der Waals surface area contributed by atoms with Crippen LogP contribution in [0.15, 0.2) is 64.3 Å². The molecule has 2 aromatic heterocycles. The van der Waals surface area contributed by atoms with E-state index in [4.69, 9.17) is 4.52 Å². The van der Waals surface area contributed by atoms with E-state index in [1.807, 2.05) is 31.1 Å². The predicted octanol–water partition coefficient (Wildman–Crippen LogP) is 4.38. The first-order valence-corrected chi connectivity index (χ1v) is 11.0. The van der Waals surface area contributed by atoms with Crippen LogP contribution in [0.5, 0.6) is 0 Å². The third-order valence-electron chi connectivity index (χ3n) is 5.64. The second-order valence-corrected chi connectivity index (χ2v) is 8.63. The van der Waals surface area contributed by atoms with Crippen molar-refractivity contribution < 1.29 is 22.5 Å². The van der Waals surface area contributed by atoms with E-state index >= 15 is 0 Å². The summed E-state index contributed by atoms with van der Waals surface area (Å²) in [6.45, 7) is 3.51. The molecule has 36 heavy (non-hydrogen) atoms. The maximum atomic E-state index is 13.2. The minimum absolute atomic E-state index is 0.0157. The summed E-state index contributed by atoms with van der Waals surface area (Å²) in [6.07, 6.45) is 0.569. The van der Waals surface area contributed by atoms with Crippen molar-refractivity contribution in [1.29, 1.82) is 0 Å². The number of hydrogen-bond acceptors (Lipinski definition) is 8. The minimum atomic E-state index is -4.41. The molecule has 0 saturated heterocycles. The average Bonchev–Trinajstić information content (AvgIpc) is 3.53. The molecule has 1 amide bonds. The van der Waals surface area contributed by atoms with Gasteiger partial charge >= 0.3 is 6.18 Å². The molecule has 1 fully saturated rings. The van der Waals surface area contributed by atoms with Crippen LogP contribution in [0.2, 0.25) is 0 Å². The van der Waals surface area contributed by atoms with E-state index in [-0.39, 0.29) is 30.8 Å². The Balaban J connectivity index is 1.34. The van der Waals surface area contributed by atoms with E-state index in [0.717, 1.165) is 17.2 Å². The van der Waals surface area contributed by atoms with Gasteiger partial charge in [-0.3, -0.25) is 4.79 Å². The Kier molecular flexibility index (Phi) is 6.77. The number of aliphatic imine (C=N–C) groups is 1. The van der Waals surface area contributed by atoms with Crippen LogP contribution >= 0.6 is 0 Å². The molecule has 0 aliphatic heterocycles. The highest BCUT2D eigenvalue weighted by molar-refractivity contribution is 5.91. The average molecular weight is 499 g/mol. The number of rotatable bonds is 9. The zero-order valence-electron chi connectivity index (χ0n) is 19.6. The number of hydrogen-bond donors (Lipinski definition) is 2.